The number of piperidine rings is 1. The SMILES string of the molecule is O=C(c1ccc([N+](=O)[O-])o1)N1CCC(Nc2cccnc2)CC1. The van der Waals surface area contributed by atoms with Gasteiger partial charge in [-0.2, -0.15) is 0 Å². The van der Waals surface area contributed by atoms with Crippen LogP contribution in [0.4, 0.5) is 11.6 Å². The highest BCUT2D eigenvalue weighted by Crippen LogP contribution is 2.21. The van der Waals surface area contributed by atoms with Gasteiger partial charge in [0.1, 0.15) is 4.92 Å². The van der Waals surface area contributed by atoms with Crippen LogP contribution in [0.25, 0.3) is 0 Å². The van der Waals surface area contributed by atoms with Gasteiger partial charge in [-0.25, -0.2) is 0 Å². The van der Waals surface area contributed by atoms with Crippen molar-refractivity contribution in [2.75, 3.05) is 18.4 Å². The number of nitro groups is 1. The summed E-state index contributed by atoms with van der Waals surface area (Å²) in [5.41, 5.74) is 0.957. The summed E-state index contributed by atoms with van der Waals surface area (Å²) in [6.07, 6.45) is 5.07. The van der Waals surface area contributed by atoms with E-state index in [1.54, 1.807) is 17.3 Å². The molecular weight excluding hydrogens is 300 g/mol. The van der Waals surface area contributed by atoms with Gasteiger partial charge in [-0.15, -0.1) is 0 Å². The predicted molar refractivity (Wildman–Crippen MR) is 82.1 cm³/mol. The van der Waals surface area contributed by atoms with Crippen LogP contribution in [0.1, 0.15) is 23.4 Å². The molecule has 8 heteroatoms. The average molecular weight is 316 g/mol. The third-order valence-electron chi connectivity index (χ3n) is 3.80. The smallest absolute Gasteiger partial charge is 0.395 e. The number of aromatic nitrogens is 1. The molecule has 1 aliphatic rings. The Morgan fingerprint density at radius 2 is 2.13 bits per heavy atom. The van der Waals surface area contributed by atoms with Crippen molar-refractivity contribution in [1.29, 1.82) is 0 Å². The van der Waals surface area contributed by atoms with Gasteiger partial charge in [-0.1, -0.05) is 0 Å². The second kappa shape index (κ2) is 6.47. The number of pyridine rings is 1. The summed E-state index contributed by atoms with van der Waals surface area (Å²) in [7, 11) is 0. The molecule has 1 aliphatic heterocycles. The molecule has 3 rings (SSSR count). The monoisotopic (exact) mass is 316 g/mol. The highest BCUT2D eigenvalue weighted by Gasteiger charge is 2.26. The summed E-state index contributed by atoms with van der Waals surface area (Å²) in [4.78, 5) is 27.9. The molecule has 23 heavy (non-hydrogen) atoms. The molecule has 1 amide bonds. The molecule has 8 nitrogen and oxygen atoms in total. The highest BCUT2D eigenvalue weighted by molar-refractivity contribution is 5.91. The number of rotatable bonds is 4. The van der Waals surface area contributed by atoms with Gasteiger partial charge in [0.25, 0.3) is 5.91 Å². The Hall–Kier alpha value is -2.90. The highest BCUT2D eigenvalue weighted by atomic mass is 16.6. The number of nitrogens with zero attached hydrogens (tertiary/aromatic N) is 3. The zero-order valence-corrected chi connectivity index (χ0v) is 12.3. The fraction of sp³-hybridized carbons (Fsp3) is 0.333. The quantitative estimate of drug-likeness (QED) is 0.686. The van der Waals surface area contributed by atoms with E-state index < -0.39 is 10.8 Å². The molecule has 2 aromatic heterocycles. The third kappa shape index (κ3) is 3.47. The van der Waals surface area contributed by atoms with Crippen molar-refractivity contribution < 1.29 is 14.1 Å². The predicted octanol–water partition coefficient (Wildman–Crippen LogP) is 2.30. The number of hydrogen-bond donors (Lipinski definition) is 1. The number of likely N-dealkylation sites (tertiary alicyclic amines) is 1. The van der Waals surface area contributed by atoms with E-state index in [-0.39, 0.29) is 17.7 Å². The van der Waals surface area contributed by atoms with E-state index in [1.807, 2.05) is 12.1 Å². The van der Waals surface area contributed by atoms with Gasteiger partial charge in [0.2, 0.25) is 0 Å². The van der Waals surface area contributed by atoms with E-state index in [1.165, 1.54) is 12.1 Å². The van der Waals surface area contributed by atoms with Crippen LogP contribution in [0.5, 0.6) is 0 Å². The molecule has 120 valence electrons. The van der Waals surface area contributed by atoms with Crippen LogP contribution in [0, 0.1) is 10.1 Å². The fourth-order valence-corrected chi connectivity index (χ4v) is 2.61. The maximum absolute atomic E-state index is 12.3. The van der Waals surface area contributed by atoms with Crippen LogP contribution < -0.4 is 5.32 Å². The maximum atomic E-state index is 12.3. The topological polar surface area (TPSA) is 102 Å². The van der Waals surface area contributed by atoms with E-state index in [0.717, 1.165) is 18.5 Å². The lowest BCUT2D eigenvalue weighted by Crippen LogP contribution is -2.42. The van der Waals surface area contributed by atoms with E-state index >= 15 is 0 Å². The molecule has 0 spiro atoms. The lowest BCUT2D eigenvalue weighted by atomic mass is 10.0. The minimum atomic E-state index is -0.652. The van der Waals surface area contributed by atoms with Gasteiger partial charge in [0, 0.05) is 31.5 Å². The van der Waals surface area contributed by atoms with Crippen molar-refractivity contribution in [2.45, 2.75) is 18.9 Å². The number of carbonyl (C=O) groups excluding carboxylic acids is 1. The second-order valence-corrected chi connectivity index (χ2v) is 5.35. The molecule has 0 saturated carbocycles. The van der Waals surface area contributed by atoms with Gasteiger partial charge < -0.3 is 14.6 Å². The summed E-state index contributed by atoms with van der Waals surface area (Å²) >= 11 is 0. The normalized spacial score (nSPS) is 15.4. The van der Waals surface area contributed by atoms with Gasteiger partial charge in [0.15, 0.2) is 5.76 Å². The van der Waals surface area contributed by atoms with E-state index in [4.69, 9.17) is 4.42 Å². The number of nitrogens with one attached hydrogen (secondary N) is 1. The molecule has 0 unspecified atom stereocenters. The first-order valence-corrected chi connectivity index (χ1v) is 7.33. The van der Waals surface area contributed by atoms with Crippen LogP contribution in [0.2, 0.25) is 0 Å². The Balaban J connectivity index is 1.55. The summed E-state index contributed by atoms with van der Waals surface area (Å²) in [6.45, 7) is 1.15. The Bertz CT molecular complexity index is 693. The van der Waals surface area contributed by atoms with Crippen molar-refractivity contribution in [3.8, 4) is 0 Å². The molecule has 0 radical (unpaired) electrons. The lowest BCUT2D eigenvalue weighted by Gasteiger charge is -2.32. The van der Waals surface area contributed by atoms with Crippen LogP contribution in [-0.4, -0.2) is 39.8 Å². The summed E-state index contributed by atoms with van der Waals surface area (Å²) in [5, 5.41) is 14.0. The van der Waals surface area contributed by atoms with Gasteiger partial charge >= 0.3 is 5.88 Å². The second-order valence-electron chi connectivity index (χ2n) is 5.35. The summed E-state index contributed by atoms with van der Waals surface area (Å²) in [6, 6.07) is 6.64. The number of furan rings is 1. The van der Waals surface area contributed by atoms with E-state index in [2.05, 4.69) is 10.3 Å². The molecule has 0 bridgehead atoms. The van der Waals surface area contributed by atoms with Gasteiger partial charge in [-0.3, -0.25) is 19.9 Å². The standard InChI is InChI=1S/C15H16N4O4/c20-15(13-3-4-14(23-13)19(21)22)18-8-5-11(6-9-18)17-12-2-1-7-16-10-12/h1-4,7,10-11,17H,5-6,8-9H2. The largest absolute Gasteiger partial charge is 0.433 e. The molecule has 1 N–H and O–H groups in total. The summed E-state index contributed by atoms with van der Waals surface area (Å²) in [5.74, 6) is -0.713. The molecule has 2 aromatic rings. The molecule has 0 aliphatic carbocycles. The van der Waals surface area contributed by atoms with E-state index in [9.17, 15) is 14.9 Å². The van der Waals surface area contributed by atoms with Gasteiger partial charge in [-0.05, 0) is 31.0 Å². The zero-order chi connectivity index (χ0) is 16.2. The van der Waals surface area contributed by atoms with Crippen molar-refractivity contribution in [2.24, 2.45) is 0 Å². The number of anilines is 1. The molecule has 3 heterocycles. The lowest BCUT2D eigenvalue weighted by molar-refractivity contribution is -0.402. The van der Waals surface area contributed by atoms with Crippen molar-refractivity contribution in [3.05, 3.63) is 52.5 Å². The molecular formula is C15H16N4O4. The maximum Gasteiger partial charge on any atom is 0.433 e. The first-order chi connectivity index (χ1) is 11.1. The summed E-state index contributed by atoms with van der Waals surface area (Å²) < 4.78 is 4.97. The van der Waals surface area contributed by atoms with Gasteiger partial charge in [0.05, 0.1) is 11.8 Å². The van der Waals surface area contributed by atoms with E-state index in [0.29, 0.717) is 13.1 Å². The minimum absolute atomic E-state index is 0.00960. The van der Waals surface area contributed by atoms with Crippen molar-refractivity contribution in [1.82, 2.24) is 9.88 Å². The Morgan fingerprint density at radius 3 is 2.74 bits per heavy atom. The number of amides is 1. The Kier molecular flexibility index (Phi) is 4.22. The Morgan fingerprint density at radius 1 is 1.35 bits per heavy atom. The van der Waals surface area contributed by atoms with Crippen LogP contribution in [0.15, 0.2) is 41.1 Å². The molecule has 1 saturated heterocycles. The fourth-order valence-electron chi connectivity index (χ4n) is 2.61. The first-order valence-electron chi connectivity index (χ1n) is 7.33. The average Bonchev–Trinajstić information content (AvgIpc) is 3.06. The molecule has 0 aromatic carbocycles. The first kappa shape index (κ1) is 15.0. The van der Waals surface area contributed by atoms with Crippen LogP contribution in [0.3, 0.4) is 0 Å². The molecule has 0 atom stereocenters. The van der Waals surface area contributed by atoms with Crippen molar-refractivity contribution >= 4 is 17.5 Å². The van der Waals surface area contributed by atoms with Crippen LogP contribution in [-0.2, 0) is 0 Å². The Labute approximate surface area is 132 Å². The minimum Gasteiger partial charge on any atom is -0.395 e. The van der Waals surface area contributed by atoms with Crippen molar-refractivity contribution in [3.63, 3.8) is 0 Å². The number of hydrogen-bond acceptors (Lipinski definition) is 6. The number of carbonyl (C=O) groups is 1. The van der Waals surface area contributed by atoms with Crippen LogP contribution >= 0.6 is 0 Å². The third-order valence-corrected chi connectivity index (χ3v) is 3.80. The zero-order valence-electron chi connectivity index (χ0n) is 12.3. The molecule has 1 fully saturated rings.